The van der Waals surface area contributed by atoms with Crippen LogP contribution in [0.1, 0.15) is 18.1 Å². The standard InChI is InChI=1S/C13H14F3NO2/c1-9-4-3-5-11(12(9)13(14,15)16)19-7-6-18-10(2)8-17/h3-5,10H,6-7H2,1-2H3. The first-order valence-electron chi connectivity index (χ1n) is 5.67. The van der Waals surface area contributed by atoms with E-state index in [0.717, 1.165) is 0 Å². The molecule has 0 heterocycles. The van der Waals surface area contributed by atoms with Crippen LogP contribution in [0.15, 0.2) is 18.2 Å². The van der Waals surface area contributed by atoms with E-state index >= 15 is 0 Å². The Morgan fingerprint density at radius 3 is 2.58 bits per heavy atom. The molecule has 1 aromatic carbocycles. The zero-order valence-electron chi connectivity index (χ0n) is 10.6. The van der Waals surface area contributed by atoms with Crippen molar-refractivity contribution in [3.8, 4) is 11.8 Å². The Bertz CT molecular complexity index is 466. The molecule has 1 aromatic rings. The van der Waals surface area contributed by atoms with Crippen molar-refractivity contribution in [2.24, 2.45) is 0 Å². The fourth-order valence-corrected chi connectivity index (χ4v) is 1.54. The molecule has 1 unspecified atom stereocenters. The predicted molar refractivity (Wildman–Crippen MR) is 62.7 cm³/mol. The molecule has 0 N–H and O–H groups in total. The van der Waals surface area contributed by atoms with Crippen LogP contribution >= 0.6 is 0 Å². The van der Waals surface area contributed by atoms with E-state index in [0.29, 0.717) is 0 Å². The molecule has 0 saturated heterocycles. The zero-order chi connectivity index (χ0) is 14.5. The van der Waals surface area contributed by atoms with E-state index in [2.05, 4.69) is 0 Å². The highest BCUT2D eigenvalue weighted by atomic mass is 19.4. The molecular formula is C13H14F3NO2. The Morgan fingerprint density at radius 2 is 2.00 bits per heavy atom. The average Bonchev–Trinajstić information content (AvgIpc) is 2.32. The van der Waals surface area contributed by atoms with Gasteiger partial charge in [0.15, 0.2) is 0 Å². The first-order valence-corrected chi connectivity index (χ1v) is 5.67. The maximum atomic E-state index is 12.8. The molecule has 0 radical (unpaired) electrons. The molecule has 1 rings (SSSR count). The van der Waals surface area contributed by atoms with Gasteiger partial charge in [0, 0.05) is 0 Å². The largest absolute Gasteiger partial charge is 0.491 e. The third-order valence-electron chi connectivity index (χ3n) is 2.41. The molecule has 104 valence electrons. The predicted octanol–water partition coefficient (Wildman–Crippen LogP) is 3.32. The lowest BCUT2D eigenvalue weighted by atomic mass is 10.1. The number of alkyl halides is 3. The molecule has 0 aliphatic carbocycles. The second kappa shape index (κ2) is 6.43. The van der Waals surface area contributed by atoms with Crippen molar-refractivity contribution in [1.29, 1.82) is 5.26 Å². The van der Waals surface area contributed by atoms with Crippen LogP contribution in [0.3, 0.4) is 0 Å². The second-order valence-electron chi connectivity index (χ2n) is 3.94. The van der Waals surface area contributed by atoms with Gasteiger partial charge in [0.05, 0.1) is 12.7 Å². The Kier molecular flexibility index (Phi) is 5.19. The topological polar surface area (TPSA) is 42.2 Å². The number of ether oxygens (including phenoxy) is 2. The minimum absolute atomic E-state index is 0.0431. The summed E-state index contributed by atoms with van der Waals surface area (Å²) < 4.78 is 48.6. The highest BCUT2D eigenvalue weighted by Crippen LogP contribution is 2.38. The van der Waals surface area contributed by atoms with Crippen LogP contribution in [0.25, 0.3) is 0 Å². The molecule has 0 amide bonds. The average molecular weight is 273 g/mol. The molecule has 0 aliphatic rings. The number of benzene rings is 1. The number of nitrogens with zero attached hydrogens (tertiary/aromatic N) is 1. The van der Waals surface area contributed by atoms with Gasteiger partial charge >= 0.3 is 6.18 Å². The van der Waals surface area contributed by atoms with E-state index < -0.39 is 17.8 Å². The van der Waals surface area contributed by atoms with Gasteiger partial charge in [0.25, 0.3) is 0 Å². The Hall–Kier alpha value is -1.74. The Balaban J connectivity index is 2.69. The summed E-state index contributed by atoms with van der Waals surface area (Å²) in [5.41, 5.74) is -0.667. The Labute approximate surface area is 109 Å². The molecule has 1 atom stereocenters. The molecule has 0 spiro atoms. The van der Waals surface area contributed by atoms with Gasteiger partial charge in [-0.2, -0.15) is 18.4 Å². The third kappa shape index (κ3) is 4.45. The smallest absolute Gasteiger partial charge is 0.420 e. The van der Waals surface area contributed by atoms with Gasteiger partial charge in [0.1, 0.15) is 24.0 Å². The summed E-state index contributed by atoms with van der Waals surface area (Å²) in [4.78, 5) is 0. The van der Waals surface area contributed by atoms with Crippen LogP contribution in [0.2, 0.25) is 0 Å². The maximum absolute atomic E-state index is 12.8. The van der Waals surface area contributed by atoms with Crippen LogP contribution in [-0.2, 0) is 10.9 Å². The molecular weight excluding hydrogens is 259 g/mol. The van der Waals surface area contributed by atoms with E-state index in [-0.39, 0.29) is 24.5 Å². The lowest BCUT2D eigenvalue weighted by Gasteiger charge is -2.16. The molecule has 3 nitrogen and oxygen atoms in total. The van der Waals surface area contributed by atoms with Crippen molar-refractivity contribution in [3.63, 3.8) is 0 Å². The fraction of sp³-hybridized carbons (Fsp3) is 0.462. The first-order chi connectivity index (χ1) is 8.86. The fourth-order valence-electron chi connectivity index (χ4n) is 1.54. The number of hydrogen-bond acceptors (Lipinski definition) is 3. The van der Waals surface area contributed by atoms with Crippen molar-refractivity contribution in [3.05, 3.63) is 29.3 Å². The Morgan fingerprint density at radius 1 is 1.32 bits per heavy atom. The quantitative estimate of drug-likeness (QED) is 0.773. The monoisotopic (exact) mass is 273 g/mol. The van der Waals surface area contributed by atoms with Gasteiger partial charge in [-0.15, -0.1) is 0 Å². The summed E-state index contributed by atoms with van der Waals surface area (Å²) in [5, 5.41) is 8.47. The van der Waals surface area contributed by atoms with Gasteiger partial charge < -0.3 is 9.47 Å². The minimum atomic E-state index is -4.46. The van der Waals surface area contributed by atoms with Crippen molar-refractivity contribution < 1.29 is 22.6 Å². The highest BCUT2D eigenvalue weighted by Gasteiger charge is 2.35. The summed E-state index contributed by atoms with van der Waals surface area (Å²) >= 11 is 0. The van der Waals surface area contributed by atoms with E-state index in [1.165, 1.54) is 25.1 Å². The zero-order valence-corrected chi connectivity index (χ0v) is 10.6. The number of nitriles is 1. The SMILES string of the molecule is Cc1cccc(OCCOC(C)C#N)c1C(F)(F)F. The highest BCUT2D eigenvalue weighted by molar-refractivity contribution is 5.41. The van der Waals surface area contributed by atoms with E-state index in [9.17, 15) is 13.2 Å². The normalized spacial score (nSPS) is 12.8. The van der Waals surface area contributed by atoms with E-state index in [1.807, 2.05) is 6.07 Å². The van der Waals surface area contributed by atoms with E-state index in [1.54, 1.807) is 6.92 Å². The van der Waals surface area contributed by atoms with Gasteiger partial charge in [-0.1, -0.05) is 12.1 Å². The first kappa shape index (κ1) is 15.3. The van der Waals surface area contributed by atoms with Crippen LogP contribution in [-0.4, -0.2) is 19.3 Å². The summed E-state index contributed by atoms with van der Waals surface area (Å²) in [6, 6.07) is 6.00. The number of halogens is 3. The van der Waals surface area contributed by atoms with Crippen molar-refractivity contribution >= 4 is 0 Å². The van der Waals surface area contributed by atoms with Crippen LogP contribution < -0.4 is 4.74 Å². The van der Waals surface area contributed by atoms with Crippen molar-refractivity contribution in [2.45, 2.75) is 26.1 Å². The van der Waals surface area contributed by atoms with Crippen LogP contribution in [0.5, 0.6) is 5.75 Å². The maximum Gasteiger partial charge on any atom is 0.420 e. The number of rotatable bonds is 5. The molecule has 6 heteroatoms. The number of hydrogen-bond donors (Lipinski definition) is 0. The molecule has 0 aliphatic heterocycles. The van der Waals surface area contributed by atoms with Gasteiger partial charge in [-0.05, 0) is 25.5 Å². The summed E-state index contributed by atoms with van der Waals surface area (Å²) in [6.07, 6.45) is -5.07. The molecule has 0 saturated carbocycles. The number of aryl methyl sites for hydroxylation is 1. The lowest BCUT2D eigenvalue weighted by Crippen LogP contribution is -2.15. The van der Waals surface area contributed by atoms with Gasteiger partial charge in [0.2, 0.25) is 0 Å². The third-order valence-corrected chi connectivity index (χ3v) is 2.41. The van der Waals surface area contributed by atoms with Gasteiger partial charge in [-0.25, -0.2) is 0 Å². The van der Waals surface area contributed by atoms with Crippen LogP contribution in [0, 0.1) is 18.3 Å². The minimum Gasteiger partial charge on any atom is -0.491 e. The molecule has 0 fully saturated rings. The van der Waals surface area contributed by atoms with Gasteiger partial charge in [-0.3, -0.25) is 0 Å². The van der Waals surface area contributed by atoms with Crippen molar-refractivity contribution in [1.82, 2.24) is 0 Å². The molecule has 0 aromatic heterocycles. The summed E-state index contributed by atoms with van der Waals surface area (Å²) in [7, 11) is 0. The summed E-state index contributed by atoms with van der Waals surface area (Å²) in [5.74, 6) is -0.222. The lowest BCUT2D eigenvalue weighted by molar-refractivity contribution is -0.139. The molecule has 0 bridgehead atoms. The van der Waals surface area contributed by atoms with Crippen LogP contribution in [0.4, 0.5) is 13.2 Å². The second-order valence-corrected chi connectivity index (χ2v) is 3.94. The van der Waals surface area contributed by atoms with Crippen molar-refractivity contribution in [2.75, 3.05) is 13.2 Å². The summed E-state index contributed by atoms with van der Waals surface area (Å²) in [6.45, 7) is 2.94. The molecule has 19 heavy (non-hydrogen) atoms. The van der Waals surface area contributed by atoms with E-state index in [4.69, 9.17) is 14.7 Å².